The smallest absolute Gasteiger partial charge is 0.249 e. The average molecular weight is 398 g/mol. The number of fused-ring (bicyclic) bond motifs is 1. The van der Waals surface area contributed by atoms with E-state index in [-0.39, 0.29) is 18.7 Å². The van der Waals surface area contributed by atoms with Gasteiger partial charge in [-0.25, -0.2) is 8.78 Å². The van der Waals surface area contributed by atoms with Crippen molar-refractivity contribution in [3.05, 3.63) is 36.1 Å². The Hall–Kier alpha value is -2.18. The van der Waals surface area contributed by atoms with E-state index in [1.165, 1.54) is 0 Å². The molecule has 2 heterocycles. The average Bonchev–Trinajstić information content (AvgIpc) is 3.11. The van der Waals surface area contributed by atoms with E-state index in [1.54, 1.807) is 21.7 Å². The lowest BCUT2D eigenvalue weighted by Gasteiger charge is -2.38. The predicted molar refractivity (Wildman–Crippen MR) is 107 cm³/mol. The number of alkyl halides is 2. The number of allylic oxidation sites excluding steroid dienone is 1. The van der Waals surface area contributed by atoms with Crippen molar-refractivity contribution in [2.45, 2.75) is 66.5 Å². The van der Waals surface area contributed by atoms with E-state index in [2.05, 4.69) is 11.7 Å². The molecule has 2 aliphatic rings. The van der Waals surface area contributed by atoms with Crippen LogP contribution in [0.1, 0.15) is 53.2 Å². The highest BCUT2D eigenvalue weighted by Crippen LogP contribution is 2.43. The van der Waals surface area contributed by atoms with Crippen molar-refractivity contribution in [2.75, 3.05) is 13.2 Å². The summed E-state index contributed by atoms with van der Waals surface area (Å²) in [6.07, 6.45) is 2.98. The third-order valence-electron chi connectivity index (χ3n) is 4.55. The Morgan fingerprint density at radius 3 is 2.50 bits per heavy atom. The zero-order chi connectivity index (χ0) is 21.3. The van der Waals surface area contributed by atoms with E-state index in [0.717, 1.165) is 11.3 Å². The third-order valence-corrected chi connectivity index (χ3v) is 4.55. The number of nitrogens with zero attached hydrogens (tertiary/aromatic N) is 3. The molecule has 1 fully saturated rings. The third kappa shape index (κ3) is 5.91. The van der Waals surface area contributed by atoms with Gasteiger partial charge in [-0.05, 0) is 12.5 Å². The van der Waals surface area contributed by atoms with E-state index < -0.39 is 11.8 Å². The highest BCUT2D eigenvalue weighted by atomic mass is 19.3. The van der Waals surface area contributed by atoms with Gasteiger partial charge < -0.3 is 9.64 Å². The molecule has 3 rings (SSSR count). The maximum absolute atomic E-state index is 13.0. The zero-order valence-electron chi connectivity index (χ0n) is 17.7. The molecular weight excluding hydrogens is 364 g/mol. The number of amides is 1. The van der Waals surface area contributed by atoms with Gasteiger partial charge in [0.15, 0.2) is 0 Å². The van der Waals surface area contributed by atoms with Crippen LogP contribution in [0.2, 0.25) is 0 Å². The van der Waals surface area contributed by atoms with Gasteiger partial charge in [0.2, 0.25) is 17.7 Å². The van der Waals surface area contributed by atoms with Crippen LogP contribution < -0.4 is 4.74 Å². The van der Waals surface area contributed by atoms with E-state index in [4.69, 9.17) is 4.74 Å². The fourth-order valence-corrected chi connectivity index (χ4v) is 3.01. The molecule has 5 nitrogen and oxygen atoms in total. The van der Waals surface area contributed by atoms with E-state index >= 15 is 0 Å². The number of hydrogen-bond donors (Lipinski definition) is 0. The predicted octanol–water partition coefficient (Wildman–Crippen LogP) is 4.83. The maximum atomic E-state index is 13.0. The minimum Gasteiger partial charge on any atom is -0.472 e. The summed E-state index contributed by atoms with van der Waals surface area (Å²) in [6, 6.07) is 1.80. The molecule has 28 heavy (non-hydrogen) atoms. The van der Waals surface area contributed by atoms with Crippen LogP contribution in [0.25, 0.3) is 0 Å². The molecule has 0 bridgehead atoms. The summed E-state index contributed by atoms with van der Waals surface area (Å²) in [6.45, 7) is 15.4. The molecule has 7 heteroatoms. The van der Waals surface area contributed by atoms with Gasteiger partial charge in [-0.2, -0.15) is 0 Å². The van der Waals surface area contributed by atoms with Crippen LogP contribution in [-0.4, -0.2) is 39.7 Å². The number of rotatable bonds is 5. The van der Waals surface area contributed by atoms with Gasteiger partial charge in [0.1, 0.15) is 6.61 Å². The van der Waals surface area contributed by atoms with Crippen LogP contribution in [0.4, 0.5) is 8.78 Å². The van der Waals surface area contributed by atoms with Gasteiger partial charge in [0.05, 0.1) is 18.8 Å². The molecule has 0 aromatic carbocycles. The molecular formula is C21H33F2N3O2. The minimum atomic E-state index is -2.67. The summed E-state index contributed by atoms with van der Waals surface area (Å²) in [5, 5.41) is 4.36. The summed E-state index contributed by atoms with van der Waals surface area (Å²) in [4.78, 5) is 13.9. The van der Waals surface area contributed by atoms with Crippen LogP contribution in [-0.2, 0) is 17.9 Å². The highest BCUT2D eigenvalue weighted by molar-refractivity contribution is 5.80. The summed E-state index contributed by atoms with van der Waals surface area (Å²) < 4.78 is 33.3. The monoisotopic (exact) mass is 397 g/mol. The summed E-state index contributed by atoms with van der Waals surface area (Å²) in [7, 11) is 0. The van der Waals surface area contributed by atoms with E-state index in [9.17, 15) is 13.6 Å². The van der Waals surface area contributed by atoms with E-state index in [0.29, 0.717) is 32.1 Å². The van der Waals surface area contributed by atoms with Crippen molar-refractivity contribution < 1.29 is 18.3 Å². The first-order valence-corrected chi connectivity index (χ1v) is 10.1. The Kier molecular flexibility index (Phi) is 9.35. The topological polar surface area (TPSA) is 47.4 Å². The summed E-state index contributed by atoms with van der Waals surface area (Å²) in [5.74, 6) is -2.90. The SMILES string of the molecule is C=C/C(=C\C)COc1cc2n(n1)CCN(C(=O)C1CC(F)(F)C1)C2.CC.CC. The van der Waals surface area contributed by atoms with Crippen molar-refractivity contribution in [1.29, 1.82) is 0 Å². The Morgan fingerprint density at radius 1 is 1.32 bits per heavy atom. The lowest BCUT2D eigenvalue weighted by molar-refractivity contribution is -0.161. The first-order chi connectivity index (χ1) is 13.4. The van der Waals surface area contributed by atoms with Gasteiger partial charge in [-0.1, -0.05) is 46.4 Å². The molecule has 1 saturated carbocycles. The van der Waals surface area contributed by atoms with Gasteiger partial charge in [-0.3, -0.25) is 9.48 Å². The number of carbonyl (C=O) groups excluding carboxylic acids is 1. The fraction of sp³-hybridized carbons (Fsp3) is 0.619. The van der Waals surface area contributed by atoms with Gasteiger partial charge in [0, 0.05) is 31.4 Å². The second-order valence-electron chi connectivity index (χ2n) is 6.27. The maximum Gasteiger partial charge on any atom is 0.249 e. The molecule has 158 valence electrons. The number of carbonyl (C=O) groups is 1. The molecule has 1 aromatic heterocycles. The zero-order valence-corrected chi connectivity index (χ0v) is 17.7. The van der Waals surface area contributed by atoms with Crippen molar-refractivity contribution in [2.24, 2.45) is 5.92 Å². The molecule has 1 aliphatic carbocycles. The Balaban J connectivity index is 0.000000921. The lowest BCUT2D eigenvalue weighted by atomic mass is 9.80. The molecule has 0 spiro atoms. The Labute approximate surface area is 167 Å². The van der Waals surface area contributed by atoms with E-state index in [1.807, 2.05) is 40.7 Å². The number of hydrogen-bond acceptors (Lipinski definition) is 3. The normalized spacial score (nSPS) is 17.8. The van der Waals surface area contributed by atoms with Crippen molar-refractivity contribution in [3.8, 4) is 5.88 Å². The van der Waals surface area contributed by atoms with Crippen molar-refractivity contribution in [3.63, 3.8) is 0 Å². The number of aromatic nitrogens is 2. The first kappa shape index (κ1) is 23.9. The largest absolute Gasteiger partial charge is 0.472 e. The van der Waals surface area contributed by atoms with Crippen LogP contribution in [0, 0.1) is 5.92 Å². The summed E-state index contributed by atoms with van der Waals surface area (Å²) >= 11 is 0. The second-order valence-corrected chi connectivity index (χ2v) is 6.27. The Morgan fingerprint density at radius 2 is 1.96 bits per heavy atom. The van der Waals surface area contributed by atoms with Crippen LogP contribution in [0.15, 0.2) is 30.4 Å². The fourth-order valence-electron chi connectivity index (χ4n) is 3.01. The molecule has 0 radical (unpaired) electrons. The molecule has 0 unspecified atom stereocenters. The molecule has 0 saturated heterocycles. The second kappa shape index (κ2) is 11.0. The number of halogens is 2. The standard InChI is InChI=1S/C17H21F2N3O2.2C2H6/c1-3-12(4-2)11-24-15-7-14-10-21(5-6-22(14)20-15)16(23)13-8-17(18,19)9-13;2*1-2/h3-4,7,13H,1,5-6,8-11H2,2H3;2*1-2H3/b12-4+;;. The molecule has 1 amide bonds. The summed E-state index contributed by atoms with van der Waals surface area (Å²) in [5.41, 5.74) is 1.82. The van der Waals surface area contributed by atoms with Crippen LogP contribution >= 0.6 is 0 Å². The Bertz CT molecular complexity index is 675. The quantitative estimate of drug-likeness (QED) is 0.669. The van der Waals surface area contributed by atoms with Crippen LogP contribution in [0.3, 0.4) is 0 Å². The molecule has 0 N–H and O–H groups in total. The first-order valence-electron chi connectivity index (χ1n) is 10.1. The molecule has 1 aromatic rings. The van der Waals surface area contributed by atoms with Crippen LogP contribution in [0.5, 0.6) is 5.88 Å². The number of ether oxygens (including phenoxy) is 1. The molecule has 0 atom stereocenters. The minimum absolute atomic E-state index is 0.182. The molecule has 1 aliphatic heterocycles. The van der Waals surface area contributed by atoms with Crippen molar-refractivity contribution >= 4 is 5.91 Å². The van der Waals surface area contributed by atoms with Gasteiger partial charge in [-0.15, -0.1) is 5.10 Å². The highest BCUT2D eigenvalue weighted by Gasteiger charge is 2.50. The van der Waals surface area contributed by atoms with Gasteiger partial charge in [0.25, 0.3) is 0 Å². The van der Waals surface area contributed by atoms with Crippen molar-refractivity contribution in [1.82, 2.24) is 14.7 Å². The van der Waals surface area contributed by atoms with Gasteiger partial charge >= 0.3 is 0 Å². The lowest BCUT2D eigenvalue weighted by Crippen LogP contribution is -2.48.